The van der Waals surface area contributed by atoms with E-state index in [1.165, 1.54) is 15.3 Å². The molecule has 162 valence electrons. The summed E-state index contributed by atoms with van der Waals surface area (Å²) >= 11 is 6.22. The molecule has 0 spiro atoms. The molecule has 2 heterocycles. The van der Waals surface area contributed by atoms with Gasteiger partial charge in [0, 0.05) is 18.8 Å². The minimum absolute atomic E-state index is 0.203. The number of rotatable bonds is 7. The molecule has 0 saturated heterocycles. The molecule has 0 bridgehead atoms. The zero-order valence-corrected chi connectivity index (χ0v) is 18.4. The Bertz CT molecular complexity index is 1300. The number of amides is 1. The number of halogens is 1. The lowest BCUT2D eigenvalue weighted by Crippen LogP contribution is -2.35. The predicted molar refractivity (Wildman–Crippen MR) is 124 cm³/mol. The summed E-state index contributed by atoms with van der Waals surface area (Å²) in [4.78, 5) is 42.2. The molecule has 0 radical (unpaired) electrons. The number of carbonyl (C=O) groups is 1. The van der Waals surface area contributed by atoms with Crippen molar-refractivity contribution < 1.29 is 4.79 Å². The van der Waals surface area contributed by atoms with Gasteiger partial charge in [0.2, 0.25) is 5.91 Å². The minimum atomic E-state index is -0.386. The third-order valence-corrected chi connectivity index (χ3v) is 5.23. The van der Waals surface area contributed by atoms with Crippen molar-refractivity contribution in [3.63, 3.8) is 0 Å². The first-order valence-electron chi connectivity index (χ1n) is 9.86. The number of para-hydroxylation sites is 1. The second kappa shape index (κ2) is 9.61. The van der Waals surface area contributed by atoms with Crippen LogP contribution in [0.2, 0.25) is 5.02 Å². The van der Waals surface area contributed by atoms with Crippen molar-refractivity contribution in [1.29, 1.82) is 0 Å². The Labute approximate surface area is 183 Å². The number of benzene rings is 1. The number of allylic oxidation sites excluding steroid dienone is 1. The molecule has 31 heavy (non-hydrogen) atoms. The molecule has 1 amide bonds. The Morgan fingerprint density at radius 3 is 2.71 bits per heavy atom. The van der Waals surface area contributed by atoms with E-state index in [1.54, 1.807) is 38.2 Å². The predicted octanol–water partition coefficient (Wildman–Crippen LogP) is 2.60. The maximum Gasteiger partial charge on any atom is 0.280 e. The molecule has 0 unspecified atom stereocenters. The number of aromatic nitrogens is 3. The molecule has 0 aliphatic rings. The quantitative estimate of drug-likeness (QED) is 0.551. The number of aryl methyl sites for hydroxylation is 1. The lowest BCUT2D eigenvalue weighted by molar-refractivity contribution is -0.121. The topological polar surface area (TPSA) is 101 Å². The van der Waals surface area contributed by atoms with Gasteiger partial charge in [0.1, 0.15) is 6.54 Å². The van der Waals surface area contributed by atoms with Gasteiger partial charge in [-0.25, -0.2) is 4.68 Å². The van der Waals surface area contributed by atoms with Crippen LogP contribution in [-0.2, 0) is 11.3 Å². The first kappa shape index (κ1) is 22.3. The lowest BCUT2D eigenvalue weighted by Gasteiger charge is -2.10. The highest BCUT2D eigenvalue weighted by Crippen LogP contribution is 2.20. The fourth-order valence-corrected chi connectivity index (χ4v) is 3.48. The van der Waals surface area contributed by atoms with E-state index < -0.39 is 0 Å². The molecule has 0 saturated carbocycles. The number of fused-ring (bicyclic) bond motifs is 1. The van der Waals surface area contributed by atoms with E-state index in [0.717, 1.165) is 12.1 Å². The number of nitrogens with one attached hydrogen (secondary N) is 2. The molecular formula is C22H24ClN5O3. The van der Waals surface area contributed by atoms with Crippen molar-refractivity contribution in [2.24, 2.45) is 4.99 Å². The van der Waals surface area contributed by atoms with Crippen LogP contribution >= 0.6 is 11.6 Å². The van der Waals surface area contributed by atoms with E-state index in [0.29, 0.717) is 27.3 Å². The Hall–Kier alpha value is -3.39. The summed E-state index contributed by atoms with van der Waals surface area (Å²) in [5, 5.41) is 6.42. The van der Waals surface area contributed by atoms with Gasteiger partial charge in [-0.2, -0.15) is 0 Å². The fourth-order valence-electron chi connectivity index (χ4n) is 3.26. The molecule has 0 aliphatic heterocycles. The SMILES string of the molecule is CC/C=C\C(CNC(=O)Cn1c(C)c2c(=O)n(-c3ccccc3Cl)[nH]c2cc1=O)=NC. The Morgan fingerprint density at radius 1 is 1.29 bits per heavy atom. The minimum Gasteiger partial charge on any atom is -0.349 e. The fraction of sp³-hybridized carbons (Fsp3) is 0.273. The van der Waals surface area contributed by atoms with E-state index in [9.17, 15) is 14.4 Å². The second-order valence-corrected chi connectivity index (χ2v) is 7.36. The highest BCUT2D eigenvalue weighted by atomic mass is 35.5. The smallest absolute Gasteiger partial charge is 0.280 e. The molecule has 3 aromatic rings. The maximum absolute atomic E-state index is 13.0. The van der Waals surface area contributed by atoms with Crippen molar-refractivity contribution >= 4 is 34.1 Å². The van der Waals surface area contributed by atoms with Gasteiger partial charge < -0.3 is 9.88 Å². The highest BCUT2D eigenvalue weighted by Gasteiger charge is 2.17. The van der Waals surface area contributed by atoms with Crippen LogP contribution in [-0.4, -0.2) is 39.6 Å². The van der Waals surface area contributed by atoms with Crippen LogP contribution in [0.15, 0.2) is 57.1 Å². The number of carbonyl (C=O) groups excluding carboxylic acids is 1. The van der Waals surface area contributed by atoms with Crippen molar-refractivity contribution in [2.45, 2.75) is 26.8 Å². The average Bonchev–Trinajstić information content (AvgIpc) is 3.07. The van der Waals surface area contributed by atoms with Gasteiger partial charge in [-0.15, -0.1) is 0 Å². The summed E-state index contributed by atoms with van der Waals surface area (Å²) in [5.74, 6) is -0.349. The van der Waals surface area contributed by atoms with E-state index in [1.807, 2.05) is 19.1 Å². The standard InChI is InChI=1S/C22H24ClN5O3/c1-4-5-8-15(24-3)12-25-19(29)13-27-14(2)21-17(11-20(27)30)26-28(22(21)31)18-10-7-6-9-16(18)23/h5-11,26H,4,12-13H2,1-3H3,(H,25,29)/b8-5-,24-15?. The second-order valence-electron chi connectivity index (χ2n) is 6.95. The van der Waals surface area contributed by atoms with Gasteiger partial charge in [-0.3, -0.25) is 24.5 Å². The molecule has 0 fully saturated rings. The van der Waals surface area contributed by atoms with Gasteiger partial charge in [-0.1, -0.05) is 36.7 Å². The summed E-state index contributed by atoms with van der Waals surface area (Å²) in [6.07, 6.45) is 4.66. The van der Waals surface area contributed by atoms with Gasteiger partial charge in [-0.05, 0) is 31.6 Å². The summed E-state index contributed by atoms with van der Waals surface area (Å²) < 4.78 is 2.59. The Balaban J connectivity index is 1.92. The van der Waals surface area contributed by atoms with E-state index >= 15 is 0 Å². The van der Waals surface area contributed by atoms with Crippen LogP contribution < -0.4 is 16.4 Å². The zero-order chi connectivity index (χ0) is 22.5. The molecular weight excluding hydrogens is 418 g/mol. The van der Waals surface area contributed by atoms with Crippen LogP contribution in [0.5, 0.6) is 0 Å². The number of aliphatic imine (C=N–C) groups is 1. The first-order valence-corrected chi connectivity index (χ1v) is 10.2. The van der Waals surface area contributed by atoms with E-state index in [2.05, 4.69) is 15.4 Å². The van der Waals surface area contributed by atoms with Crippen molar-refractivity contribution in [3.8, 4) is 5.69 Å². The third kappa shape index (κ3) is 4.69. The molecule has 1 aromatic carbocycles. The van der Waals surface area contributed by atoms with Gasteiger partial charge >= 0.3 is 0 Å². The number of aromatic amines is 1. The summed E-state index contributed by atoms with van der Waals surface area (Å²) in [7, 11) is 1.65. The first-order chi connectivity index (χ1) is 14.9. The van der Waals surface area contributed by atoms with Crippen LogP contribution in [0, 0.1) is 6.92 Å². The van der Waals surface area contributed by atoms with Gasteiger partial charge in [0.05, 0.1) is 33.9 Å². The van der Waals surface area contributed by atoms with E-state index in [4.69, 9.17) is 11.6 Å². The summed E-state index contributed by atoms with van der Waals surface area (Å²) in [5.41, 5.74) is 1.26. The average molecular weight is 442 g/mol. The Kier molecular flexibility index (Phi) is 6.91. The van der Waals surface area contributed by atoms with Crippen molar-refractivity contribution in [3.05, 3.63) is 73.9 Å². The molecule has 0 atom stereocenters. The van der Waals surface area contributed by atoms with E-state index in [-0.39, 0.29) is 30.1 Å². The summed E-state index contributed by atoms with van der Waals surface area (Å²) in [6.45, 7) is 3.71. The largest absolute Gasteiger partial charge is 0.349 e. The molecule has 2 aromatic heterocycles. The van der Waals surface area contributed by atoms with Crippen molar-refractivity contribution in [2.75, 3.05) is 13.6 Å². The van der Waals surface area contributed by atoms with Crippen LogP contribution in [0.3, 0.4) is 0 Å². The number of hydrogen-bond donors (Lipinski definition) is 2. The van der Waals surface area contributed by atoms with Gasteiger partial charge in [0.15, 0.2) is 0 Å². The third-order valence-electron chi connectivity index (χ3n) is 4.91. The monoisotopic (exact) mass is 441 g/mol. The highest BCUT2D eigenvalue weighted by molar-refractivity contribution is 6.32. The Morgan fingerprint density at radius 2 is 2.03 bits per heavy atom. The number of hydrogen-bond acceptors (Lipinski definition) is 4. The number of pyridine rings is 1. The number of H-pyrrole nitrogens is 1. The maximum atomic E-state index is 13.0. The molecule has 8 nitrogen and oxygen atoms in total. The van der Waals surface area contributed by atoms with Crippen LogP contribution in [0.1, 0.15) is 19.0 Å². The van der Waals surface area contributed by atoms with Gasteiger partial charge in [0.25, 0.3) is 11.1 Å². The van der Waals surface area contributed by atoms with Crippen LogP contribution in [0.25, 0.3) is 16.6 Å². The molecule has 9 heteroatoms. The molecule has 3 rings (SSSR count). The zero-order valence-electron chi connectivity index (χ0n) is 17.6. The summed E-state index contributed by atoms with van der Waals surface area (Å²) in [6, 6.07) is 8.22. The lowest BCUT2D eigenvalue weighted by atomic mass is 10.2. The molecule has 2 N–H and O–H groups in total. The van der Waals surface area contributed by atoms with Crippen molar-refractivity contribution in [1.82, 2.24) is 19.7 Å². The molecule has 0 aliphatic carbocycles. The number of nitrogens with zero attached hydrogens (tertiary/aromatic N) is 3. The van der Waals surface area contributed by atoms with Crippen LogP contribution in [0.4, 0.5) is 0 Å². The normalized spacial score (nSPS) is 12.1.